The lowest BCUT2D eigenvalue weighted by Gasteiger charge is -2.11. The second-order valence-electron chi connectivity index (χ2n) is 4.44. The summed E-state index contributed by atoms with van der Waals surface area (Å²) in [6.07, 6.45) is 0. The van der Waals surface area contributed by atoms with Gasteiger partial charge in [-0.3, -0.25) is 0 Å². The van der Waals surface area contributed by atoms with Crippen molar-refractivity contribution in [2.45, 2.75) is 4.90 Å². The van der Waals surface area contributed by atoms with E-state index in [9.17, 15) is 0 Å². The maximum absolute atomic E-state index is 4.56. The number of thiol groups is 1. The van der Waals surface area contributed by atoms with Crippen LogP contribution < -0.4 is 0 Å². The van der Waals surface area contributed by atoms with Gasteiger partial charge in [0.25, 0.3) is 0 Å². The fourth-order valence-electron chi connectivity index (χ4n) is 2.72. The predicted molar refractivity (Wildman–Crippen MR) is 77.4 cm³/mol. The molecule has 17 heavy (non-hydrogen) atoms. The van der Waals surface area contributed by atoms with E-state index in [1.807, 2.05) is 0 Å². The molecule has 0 aliphatic heterocycles. The molecule has 0 saturated heterocycles. The summed E-state index contributed by atoms with van der Waals surface area (Å²) in [5, 5.41) is 7.85. The van der Waals surface area contributed by atoms with Crippen molar-refractivity contribution in [2.75, 3.05) is 0 Å². The number of hydrogen-bond donors (Lipinski definition) is 1. The van der Waals surface area contributed by atoms with Crippen LogP contribution >= 0.6 is 12.6 Å². The van der Waals surface area contributed by atoms with Gasteiger partial charge in [0, 0.05) is 4.90 Å². The van der Waals surface area contributed by atoms with Crippen LogP contribution in [0, 0.1) is 0 Å². The molecule has 0 aliphatic carbocycles. The second kappa shape index (κ2) is 3.14. The summed E-state index contributed by atoms with van der Waals surface area (Å²) < 4.78 is 0. The van der Waals surface area contributed by atoms with Crippen molar-refractivity contribution >= 4 is 44.9 Å². The van der Waals surface area contributed by atoms with E-state index in [2.05, 4.69) is 67.2 Å². The highest BCUT2D eigenvalue weighted by Crippen LogP contribution is 2.36. The third kappa shape index (κ3) is 1.15. The quantitative estimate of drug-likeness (QED) is 0.325. The first-order chi connectivity index (χ1) is 8.34. The molecule has 0 spiro atoms. The lowest BCUT2D eigenvalue weighted by atomic mass is 9.94. The first-order valence-electron chi connectivity index (χ1n) is 5.70. The molecule has 80 valence electrons. The van der Waals surface area contributed by atoms with Gasteiger partial charge in [-0.1, -0.05) is 48.5 Å². The zero-order valence-electron chi connectivity index (χ0n) is 9.14. The standard InChI is InChI=1S/C16H10S/c17-14-9-7-12-5-4-10-2-1-3-11-6-8-13(14)16(12)15(10)11/h1-9,17H. The van der Waals surface area contributed by atoms with Crippen molar-refractivity contribution in [2.24, 2.45) is 0 Å². The first kappa shape index (κ1) is 9.32. The van der Waals surface area contributed by atoms with Gasteiger partial charge in [0.1, 0.15) is 0 Å². The topological polar surface area (TPSA) is 0 Å². The second-order valence-corrected chi connectivity index (χ2v) is 4.92. The van der Waals surface area contributed by atoms with Gasteiger partial charge < -0.3 is 0 Å². The minimum absolute atomic E-state index is 1.05. The molecule has 0 saturated carbocycles. The summed E-state index contributed by atoms with van der Waals surface area (Å²) in [5.74, 6) is 0. The van der Waals surface area contributed by atoms with Gasteiger partial charge in [0.2, 0.25) is 0 Å². The Morgan fingerprint density at radius 2 is 1.18 bits per heavy atom. The average molecular weight is 234 g/mol. The van der Waals surface area contributed by atoms with E-state index in [0.29, 0.717) is 0 Å². The highest BCUT2D eigenvalue weighted by Gasteiger charge is 2.08. The number of benzene rings is 4. The summed E-state index contributed by atoms with van der Waals surface area (Å²) in [6.45, 7) is 0. The highest BCUT2D eigenvalue weighted by molar-refractivity contribution is 7.80. The fraction of sp³-hybridized carbons (Fsp3) is 0. The van der Waals surface area contributed by atoms with E-state index in [4.69, 9.17) is 0 Å². The molecule has 4 aromatic carbocycles. The van der Waals surface area contributed by atoms with E-state index in [-0.39, 0.29) is 0 Å². The molecule has 1 heteroatoms. The van der Waals surface area contributed by atoms with Crippen molar-refractivity contribution in [1.29, 1.82) is 0 Å². The van der Waals surface area contributed by atoms with Crippen LogP contribution in [0.3, 0.4) is 0 Å². The summed E-state index contributed by atoms with van der Waals surface area (Å²) in [4.78, 5) is 1.05. The Hall–Kier alpha value is -1.73. The molecule has 4 rings (SSSR count). The third-order valence-corrected chi connectivity index (χ3v) is 3.90. The van der Waals surface area contributed by atoms with Crippen molar-refractivity contribution in [1.82, 2.24) is 0 Å². The predicted octanol–water partition coefficient (Wildman–Crippen LogP) is 4.87. The van der Waals surface area contributed by atoms with E-state index in [1.165, 1.54) is 32.3 Å². The molecule has 4 aromatic rings. The minimum atomic E-state index is 1.05. The Morgan fingerprint density at radius 3 is 1.94 bits per heavy atom. The minimum Gasteiger partial charge on any atom is -0.143 e. The largest absolute Gasteiger partial charge is 0.143 e. The SMILES string of the molecule is Sc1ccc2ccc3cccc4ccc1c2c34. The summed E-state index contributed by atoms with van der Waals surface area (Å²) in [6, 6.07) is 19.4. The van der Waals surface area contributed by atoms with Crippen LogP contribution in [-0.2, 0) is 0 Å². The van der Waals surface area contributed by atoms with Crippen molar-refractivity contribution in [3.8, 4) is 0 Å². The monoisotopic (exact) mass is 234 g/mol. The van der Waals surface area contributed by atoms with Gasteiger partial charge in [-0.25, -0.2) is 0 Å². The molecule has 0 atom stereocenters. The zero-order valence-corrected chi connectivity index (χ0v) is 10.0. The van der Waals surface area contributed by atoms with Crippen molar-refractivity contribution in [3.63, 3.8) is 0 Å². The lowest BCUT2D eigenvalue weighted by Crippen LogP contribution is -1.83. The van der Waals surface area contributed by atoms with Gasteiger partial charge >= 0.3 is 0 Å². The van der Waals surface area contributed by atoms with Crippen LogP contribution in [-0.4, -0.2) is 0 Å². The van der Waals surface area contributed by atoms with Gasteiger partial charge in [-0.05, 0) is 38.4 Å². The van der Waals surface area contributed by atoms with Crippen LogP contribution in [0.5, 0.6) is 0 Å². The molecule has 0 radical (unpaired) electrons. The first-order valence-corrected chi connectivity index (χ1v) is 6.15. The molecule has 0 amide bonds. The Morgan fingerprint density at radius 1 is 0.588 bits per heavy atom. The van der Waals surface area contributed by atoms with E-state index >= 15 is 0 Å². The van der Waals surface area contributed by atoms with E-state index < -0.39 is 0 Å². The number of hydrogen-bond acceptors (Lipinski definition) is 1. The average Bonchev–Trinajstić information content (AvgIpc) is 2.38. The molecule has 0 bridgehead atoms. The summed E-state index contributed by atoms with van der Waals surface area (Å²) in [7, 11) is 0. The highest BCUT2D eigenvalue weighted by atomic mass is 32.1. The Balaban J connectivity index is 2.48. The van der Waals surface area contributed by atoms with Crippen LogP contribution in [0.2, 0.25) is 0 Å². The summed E-state index contributed by atoms with van der Waals surface area (Å²) in [5.41, 5.74) is 0. The Labute approximate surface area is 105 Å². The maximum atomic E-state index is 4.56. The third-order valence-electron chi connectivity index (χ3n) is 3.51. The molecule has 0 aliphatic rings. The smallest absolute Gasteiger partial charge is 0.0119 e. The van der Waals surface area contributed by atoms with Crippen molar-refractivity contribution in [3.05, 3.63) is 54.6 Å². The normalized spacial score (nSPS) is 11.8. The van der Waals surface area contributed by atoms with Crippen molar-refractivity contribution < 1.29 is 0 Å². The molecule has 0 N–H and O–H groups in total. The zero-order chi connectivity index (χ0) is 11.4. The molecular weight excluding hydrogens is 224 g/mol. The van der Waals surface area contributed by atoms with E-state index in [1.54, 1.807) is 0 Å². The van der Waals surface area contributed by atoms with E-state index in [0.717, 1.165) is 4.90 Å². The molecule has 0 heterocycles. The fourth-order valence-corrected chi connectivity index (χ4v) is 2.98. The van der Waals surface area contributed by atoms with Gasteiger partial charge in [0.05, 0.1) is 0 Å². The molecule has 0 unspecified atom stereocenters. The van der Waals surface area contributed by atoms with Crippen LogP contribution in [0.15, 0.2) is 59.5 Å². The molecular formula is C16H10S. The lowest BCUT2D eigenvalue weighted by molar-refractivity contribution is 1.59. The van der Waals surface area contributed by atoms with Gasteiger partial charge in [0.15, 0.2) is 0 Å². The molecule has 0 aromatic heterocycles. The molecule has 0 nitrogen and oxygen atoms in total. The maximum Gasteiger partial charge on any atom is 0.0119 e. The van der Waals surface area contributed by atoms with Crippen LogP contribution in [0.25, 0.3) is 32.3 Å². The van der Waals surface area contributed by atoms with Crippen LogP contribution in [0.4, 0.5) is 0 Å². The number of rotatable bonds is 0. The Bertz CT molecular complexity index is 830. The van der Waals surface area contributed by atoms with Crippen LogP contribution in [0.1, 0.15) is 0 Å². The summed E-state index contributed by atoms with van der Waals surface area (Å²) >= 11 is 4.56. The Kier molecular flexibility index (Phi) is 1.72. The van der Waals surface area contributed by atoms with Gasteiger partial charge in [-0.2, -0.15) is 0 Å². The van der Waals surface area contributed by atoms with Gasteiger partial charge in [-0.15, -0.1) is 12.6 Å². The molecule has 0 fully saturated rings.